The molecule has 16 heavy (non-hydrogen) atoms. The van der Waals surface area contributed by atoms with E-state index in [1.165, 1.54) is 64.2 Å². The Balaban J connectivity index is 1.63. The van der Waals surface area contributed by atoms with Crippen molar-refractivity contribution in [1.82, 2.24) is 10.2 Å². The molecule has 2 nitrogen and oxygen atoms in total. The van der Waals surface area contributed by atoms with Gasteiger partial charge in [-0.3, -0.25) is 4.90 Å². The van der Waals surface area contributed by atoms with Crippen LogP contribution in [-0.4, -0.2) is 30.7 Å². The third kappa shape index (κ3) is 3.74. The van der Waals surface area contributed by atoms with Gasteiger partial charge in [0.05, 0.1) is 0 Å². The van der Waals surface area contributed by atoms with Gasteiger partial charge in [0.1, 0.15) is 0 Å². The molecule has 0 aliphatic heterocycles. The van der Waals surface area contributed by atoms with Crippen molar-refractivity contribution in [2.45, 2.75) is 76.3 Å². The molecule has 2 fully saturated rings. The maximum atomic E-state index is 3.74. The van der Waals surface area contributed by atoms with Crippen LogP contribution in [0.3, 0.4) is 0 Å². The van der Waals surface area contributed by atoms with E-state index in [-0.39, 0.29) is 0 Å². The van der Waals surface area contributed by atoms with Gasteiger partial charge < -0.3 is 5.32 Å². The van der Waals surface area contributed by atoms with E-state index in [4.69, 9.17) is 0 Å². The maximum Gasteiger partial charge on any atom is 0.0482 e. The highest BCUT2D eigenvalue weighted by Crippen LogP contribution is 2.21. The van der Waals surface area contributed by atoms with Crippen LogP contribution in [0.1, 0.15) is 64.2 Å². The van der Waals surface area contributed by atoms with E-state index in [1.807, 2.05) is 0 Å². The smallest absolute Gasteiger partial charge is 0.0482 e. The molecule has 2 aliphatic carbocycles. The Hall–Kier alpha value is -0.0800. The van der Waals surface area contributed by atoms with Crippen molar-refractivity contribution in [3.05, 3.63) is 0 Å². The van der Waals surface area contributed by atoms with Gasteiger partial charge in [0.2, 0.25) is 0 Å². The predicted molar refractivity (Wildman–Crippen MR) is 69.5 cm³/mol. The Morgan fingerprint density at radius 2 is 1.44 bits per heavy atom. The van der Waals surface area contributed by atoms with Gasteiger partial charge in [-0.05, 0) is 32.7 Å². The first-order valence-corrected chi connectivity index (χ1v) is 7.30. The van der Waals surface area contributed by atoms with Crippen molar-refractivity contribution in [2.24, 2.45) is 0 Å². The molecular weight excluding hydrogens is 196 g/mol. The lowest BCUT2D eigenvalue weighted by molar-refractivity contribution is 0.166. The molecule has 0 aromatic heterocycles. The molecule has 0 saturated heterocycles. The van der Waals surface area contributed by atoms with E-state index in [2.05, 4.69) is 17.3 Å². The monoisotopic (exact) mass is 224 g/mol. The molecule has 0 bridgehead atoms. The van der Waals surface area contributed by atoms with Crippen molar-refractivity contribution < 1.29 is 0 Å². The summed E-state index contributed by atoms with van der Waals surface area (Å²) >= 11 is 0. The minimum atomic E-state index is 0.805. The zero-order chi connectivity index (χ0) is 11.2. The number of hydrogen-bond acceptors (Lipinski definition) is 2. The van der Waals surface area contributed by atoms with Gasteiger partial charge in [0.15, 0.2) is 0 Å². The Kier molecular flexibility index (Phi) is 5.11. The molecule has 0 unspecified atom stereocenters. The number of hydrogen-bond donors (Lipinski definition) is 1. The number of rotatable bonds is 4. The van der Waals surface area contributed by atoms with E-state index in [9.17, 15) is 0 Å². The van der Waals surface area contributed by atoms with Crippen molar-refractivity contribution in [1.29, 1.82) is 0 Å². The molecule has 2 rings (SSSR count). The van der Waals surface area contributed by atoms with Gasteiger partial charge >= 0.3 is 0 Å². The topological polar surface area (TPSA) is 15.3 Å². The maximum absolute atomic E-state index is 3.74. The molecule has 1 N–H and O–H groups in total. The largest absolute Gasteiger partial charge is 0.302 e. The molecule has 2 heteroatoms. The lowest BCUT2D eigenvalue weighted by Crippen LogP contribution is -2.44. The first-order valence-electron chi connectivity index (χ1n) is 7.30. The Morgan fingerprint density at radius 3 is 2.06 bits per heavy atom. The average Bonchev–Trinajstić information content (AvgIpc) is 2.38. The zero-order valence-corrected chi connectivity index (χ0v) is 10.9. The van der Waals surface area contributed by atoms with Crippen LogP contribution in [0.5, 0.6) is 0 Å². The lowest BCUT2D eigenvalue weighted by atomic mass is 9.94. The molecule has 0 radical (unpaired) electrons. The summed E-state index contributed by atoms with van der Waals surface area (Å²) in [6.07, 6.45) is 14.3. The van der Waals surface area contributed by atoms with Crippen LogP contribution in [-0.2, 0) is 0 Å². The van der Waals surface area contributed by atoms with Crippen LogP contribution in [0.25, 0.3) is 0 Å². The van der Waals surface area contributed by atoms with Crippen LogP contribution in [0, 0.1) is 0 Å². The van der Waals surface area contributed by atoms with Crippen molar-refractivity contribution >= 4 is 0 Å². The summed E-state index contributed by atoms with van der Waals surface area (Å²) < 4.78 is 0. The lowest BCUT2D eigenvalue weighted by Gasteiger charge is -2.33. The zero-order valence-electron chi connectivity index (χ0n) is 10.9. The summed E-state index contributed by atoms with van der Waals surface area (Å²) in [4.78, 5) is 2.55. The van der Waals surface area contributed by atoms with Crippen LogP contribution >= 0.6 is 0 Å². The minimum absolute atomic E-state index is 0.805. The van der Waals surface area contributed by atoms with E-state index in [1.54, 1.807) is 0 Å². The van der Waals surface area contributed by atoms with Crippen LogP contribution in [0.2, 0.25) is 0 Å². The van der Waals surface area contributed by atoms with Crippen LogP contribution < -0.4 is 5.32 Å². The summed E-state index contributed by atoms with van der Waals surface area (Å²) in [5.74, 6) is 0. The first-order chi connectivity index (χ1) is 7.86. The van der Waals surface area contributed by atoms with Gasteiger partial charge in [0, 0.05) is 18.8 Å². The van der Waals surface area contributed by atoms with Crippen molar-refractivity contribution in [2.75, 3.05) is 13.7 Å². The van der Waals surface area contributed by atoms with E-state index in [0.29, 0.717) is 0 Å². The summed E-state index contributed by atoms with van der Waals surface area (Å²) in [6, 6.07) is 1.66. The second-order valence-corrected chi connectivity index (χ2v) is 5.75. The van der Waals surface area contributed by atoms with E-state index >= 15 is 0 Å². The van der Waals surface area contributed by atoms with E-state index in [0.717, 1.165) is 18.8 Å². The molecule has 0 aromatic carbocycles. The SMILES string of the molecule is CN(CNC1CCCCC1)C1CCCCC1. The second-order valence-electron chi connectivity index (χ2n) is 5.75. The average molecular weight is 224 g/mol. The summed E-state index contributed by atoms with van der Waals surface area (Å²) in [6.45, 7) is 1.11. The van der Waals surface area contributed by atoms with Crippen LogP contribution in [0.15, 0.2) is 0 Å². The van der Waals surface area contributed by atoms with E-state index < -0.39 is 0 Å². The molecule has 94 valence electrons. The second kappa shape index (κ2) is 6.61. The fourth-order valence-electron chi connectivity index (χ4n) is 3.23. The molecule has 0 atom stereocenters. The minimum Gasteiger partial charge on any atom is -0.302 e. The van der Waals surface area contributed by atoms with Gasteiger partial charge in [-0.2, -0.15) is 0 Å². The molecule has 2 aliphatic rings. The molecule has 0 heterocycles. The Bertz CT molecular complexity index is 181. The molecule has 0 spiro atoms. The fraction of sp³-hybridized carbons (Fsp3) is 1.00. The first kappa shape index (κ1) is 12.4. The number of nitrogens with one attached hydrogen (secondary N) is 1. The third-order valence-corrected chi connectivity index (χ3v) is 4.43. The number of nitrogens with zero attached hydrogens (tertiary/aromatic N) is 1. The summed E-state index contributed by atoms with van der Waals surface area (Å²) in [5.41, 5.74) is 0. The van der Waals surface area contributed by atoms with Gasteiger partial charge in [-0.25, -0.2) is 0 Å². The molecule has 0 amide bonds. The third-order valence-electron chi connectivity index (χ3n) is 4.43. The highest BCUT2D eigenvalue weighted by atomic mass is 15.2. The quantitative estimate of drug-likeness (QED) is 0.738. The highest BCUT2D eigenvalue weighted by Gasteiger charge is 2.19. The summed E-state index contributed by atoms with van der Waals surface area (Å²) in [7, 11) is 2.30. The van der Waals surface area contributed by atoms with Crippen molar-refractivity contribution in [3.8, 4) is 0 Å². The Labute approximate surface area is 101 Å². The predicted octanol–water partition coefficient (Wildman–Crippen LogP) is 3.13. The molecular formula is C14H28N2. The normalized spacial score (nSPS) is 25.1. The highest BCUT2D eigenvalue weighted by molar-refractivity contribution is 4.76. The van der Waals surface area contributed by atoms with Gasteiger partial charge in [-0.1, -0.05) is 38.5 Å². The van der Waals surface area contributed by atoms with Crippen molar-refractivity contribution in [3.63, 3.8) is 0 Å². The fourth-order valence-corrected chi connectivity index (χ4v) is 3.23. The van der Waals surface area contributed by atoms with Crippen LogP contribution in [0.4, 0.5) is 0 Å². The Morgan fingerprint density at radius 1 is 0.875 bits per heavy atom. The summed E-state index contributed by atoms with van der Waals surface area (Å²) in [5, 5.41) is 3.74. The molecule has 2 saturated carbocycles. The van der Waals surface area contributed by atoms with Gasteiger partial charge in [-0.15, -0.1) is 0 Å². The standard InChI is InChI=1S/C14H28N2/c1-16(14-10-6-3-7-11-14)12-15-13-8-4-2-5-9-13/h13-15H,2-12H2,1H3. The van der Waals surface area contributed by atoms with Gasteiger partial charge in [0.25, 0.3) is 0 Å². The molecule has 0 aromatic rings.